The van der Waals surface area contributed by atoms with E-state index in [1.165, 1.54) is 0 Å². The number of pyridine rings is 1. The molecule has 0 bridgehead atoms. The Morgan fingerprint density at radius 1 is 1.25 bits per heavy atom. The van der Waals surface area contributed by atoms with Gasteiger partial charge in [0.15, 0.2) is 17.2 Å². The highest BCUT2D eigenvalue weighted by molar-refractivity contribution is 5.97. The second kappa shape index (κ2) is 7.11. The number of carbonyl (C=O) groups is 2. The van der Waals surface area contributed by atoms with Crippen LogP contribution in [0.2, 0.25) is 0 Å². The molecule has 28 heavy (non-hydrogen) atoms. The summed E-state index contributed by atoms with van der Waals surface area (Å²) >= 11 is 0. The van der Waals surface area contributed by atoms with Gasteiger partial charge in [-0.2, -0.15) is 0 Å². The molecule has 0 unspecified atom stereocenters. The van der Waals surface area contributed by atoms with E-state index in [4.69, 9.17) is 4.74 Å². The number of nitrogens with zero attached hydrogens (tertiary/aromatic N) is 2. The van der Waals surface area contributed by atoms with E-state index in [1.54, 1.807) is 17.5 Å². The van der Waals surface area contributed by atoms with E-state index in [0.29, 0.717) is 35.8 Å². The molecule has 6 heteroatoms. The number of carboxylic acid groups (broad SMARTS) is 1. The van der Waals surface area contributed by atoms with Crippen molar-refractivity contribution in [3.63, 3.8) is 0 Å². The first-order chi connectivity index (χ1) is 13.5. The van der Waals surface area contributed by atoms with E-state index < -0.39 is 11.9 Å². The number of rotatable bonds is 6. The Hall–Kier alpha value is -3.15. The number of ether oxygens (including phenoxy) is 1. The summed E-state index contributed by atoms with van der Waals surface area (Å²) in [4.78, 5) is 29.6. The average molecular weight is 378 g/mol. The summed E-state index contributed by atoms with van der Waals surface area (Å²) in [6.45, 7) is 4.20. The van der Waals surface area contributed by atoms with Crippen LogP contribution in [0.5, 0.6) is 5.75 Å². The number of imidazole rings is 1. The minimum Gasteiger partial charge on any atom is -0.490 e. The predicted octanol–water partition coefficient (Wildman–Crippen LogP) is 3.65. The minimum atomic E-state index is -0.859. The van der Waals surface area contributed by atoms with Gasteiger partial charge in [-0.1, -0.05) is 24.3 Å². The van der Waals surface area contributed by atoms with Crippen LogP contribution in [0.3, 0.4) is 0 Å². The molecule has 0 spiro atoms. The molecule has 144 valence electrons. The number of benzene rings is 1. The Morgan fingerprint density at radius 3 is 2.79 bits per heavy atom. The molecule has 1 aliphatic carbocycles. The van der Waals surface area contributed by atoms with Crippen LogP contribution in [-0.4, -0.2) is 32.9 Å². The van der Waals surface area contributed by atoms with Crippen molar-refractivity contribution in [2.45, 2.75) is 32.6 Å². The van der Waals surface area contributed by atoms with Gasteiger partial charge in [-0.15, -0.1) is 0 Å². The van der Waals surface area contributed by atoms with Crippen LogP contribution in [0.4, 0.5) is 0 Å². The van der Waals surface area contributed by atoms with Crippen molar-refractivity contribution in [3.05, 3.63) is 65.1 Å². The van der Waals surface area contributed by atoms with Gasteiger partial charge in [-0.05, 0) is 43.5 Å². The van der Waals surface area contributed by atoms with Crippen molar-refractivity contribution in [1.29, 1.82) is 0 Å². The lowest BCUT2D eigenvalue weighted by Crippen LogP contribution is -2.21. The standard InChI is InChI=1S/C22H22N2O4/c1-3-28-19-9-6-10-24-20(13(2)23-21(19)24)18(25)12-16-15-8-5-4-7-14(15)11-17(16)22(26)27/h4-10,16-17H,3,11-12H2,1-2H3,(H,26,27)/t16-,17-/m0/s1. The van der Waals surface area contributed by atoms with Crippen molar-refractivity contribution in [1.82, 2.24) is 9.38 Å². The minimum absolute atomic E-state index is 0.105. The van der Waals surface area contributed by atoms with E-state index in [1.807, 2.05) is 43.3 Å². The third kappa shape index (κ3) is 2.95. The second-order valence-electron chi connectivity index (χ2n) is 7.13. The van der Waals surface area contributed by atoms with E-state index in [2.05, 4.69) is 4.98 Å². The molecule has 1 aliphatic rings. The Kier molecular flexibility index (Phi) is 4.63. The van der Waals surface area contributed by atoms with E-state index in [0.717, 1.165) is 11.1 Å². The Bertz CT molecular complexity index is 1070. The number of Topliss-reactive ketones (excluding diaryl/α,β-unsaturated/α-hetero) is 1. The fraction of sp³-hybridized carbons (Fsp3) is 0.318. The fourth-order valence-corrected chi connectivity index (χ4v) is 4.25. The van der Waals surface area contributed by atoms with Crippen molar-refractivity contribution in [2.24, 2.45) is 5.92 Å². The number of carbonyl (C=O) groups excluding carboxylic acids is 1. The maximum atomic E-state index is 13.2. The Labute approximate surface area is 162 Å². The number of aryl methyl sites for hydroxylation is 1. The zero-order chi connectivity index (χ0) is 19.8. The van der Waals surface area contributed by atoms with E-state index in [9.17, 15) is 14.7 Å². The molecule has 0 saturated heterocycles. The summed E-state index contributed by atoms with van der Waals surface area (Å²) < 4.78 is 7.37. The molecule has 2 heterocycles. The third-order valence-electron chi connectivity index (χ3n) is 5.46. The molecule has 0 saturated carbocycles. The molecular weight excluding hydrogens is 356 g/mol. The van der Waals surface area contributed by atoms with Gasteiger partial charge >= 0.3 is 5.97 Å². The quantitative estimate of drug-likeness (QED) is 0.662. The first-order valence-corrected chi connectivity index (χ1v) is 9.45. The predicted molar refractivity (Wildman–Crippen MR) is 104 cm³/mol. The number of hydrogen-bond donors (Lipinski definition) is 1. The van der Waals surface area contributed by atoms with Crippen molar-refractivity contribution in [2.75, 3.05) is 6.61 Å². The van der Waals surface area contributed by atoms with Gasteiger partial charge in [-0.3, -0.25) is 14.0 Å². The van der Waals surface area contributed by atoms with Gasteiger partial charge in [-0.25, -0.2) is 4.98 Å². The van der Waals surface area contributed by atoms with Crippen LogP contribution in [-0.2, 0) is 11.2 Å². The van der Waals surface area contributed by atoms with Crippen LogP contribution in [0, 0.1) is 12.8 Å². The molecule has 6 nitrogen and oxygen atoms in total. The van der Waals surface area contributed by atoms with Crippen LogP contribution >= 0.6 is 0 Å². The summed E-state index contributed by atoms with van der Waals surface area (Å²) in [5.41, 5.74) is 3.69. The number of carboxylic acids is 1. The highest BCUT2D eigenvalue weighted by Gasteiger charge is 2.38. The first kappa shape index (κ1) is 18.2. The van der Waals surface area contributed by atoms with Crippen molar-refractivity contribution < 1.29 is 19.4 Å². The normalized spacial score (nSPS) is 18.2. The van der Waals surface area contributed by atoms with Gasteiger partial charge in [0.1, 0.15) is 5.69 Å². The molecule has 0 aliphatic heterocycles. The number of aliphatic carboxylic acids is 1. The van der Waals surface area contributed by atoms with Crippen LogP contribution in [0.1, 0.15) is 46.6 Å². The Morgan fingerprint density at radius 2 is 2.04 bits per heavy atom. The summed E-state index contributed by atoms with van der Waals surface area (Å²) in [5.74, 6) is -1.25. The van der Waals surface area contributed by atoms with Crippen LogP contribution in [0.25, 0.3) is 5.65 Å². The molecule has 1 aromatic carbocycles. The molecule has 0 amide bonds. The van der Waals surface area contributed by atoms with Gasteiger partial charge < -0.3 is 9.84 Å². The largest absolute Gasteiger partial charge is 0.490 e. The lowest BCUT2D eigenvalue weighted by atomic mass is 9.87. The SMILES string of the molecule is CCOc1cccn2c(C(=O)C[C@H]3c4ccccc4C[C@@H]3C(=O)O)c(C)nc12. The van der Waals surface area contributed by atoms with E-state index in [-0.39, 0.29) is 18.1 Å². The first-order valence-electron chi connectivity index (χ1n) is 9.45. The van der Waals surface area contributed by atoms with Gasteiger partial charge in [0.05, 0.1) is 18.2 Å². The molecular formula is C22H22N2O4. The highest BCUT2D eigenvalue weighted by Crippen LogP contribution is 2.41. The van der Waals surface area contributed by atoms with Crippen molar-refractivity contribution in [3.8, 4) is 5.75 Å². The smallest absolute Gasteiger partial charge is 0.307 e. The summed E-state index contributed by atoms with van der Waals surface area (Å²) in [6, 6.07) is 11.3. The lowest BCUT2D eigenvalue weighted by Gasteiger charge is -2.16. The summed E-state index contributed by atoms with van der Waals surface area (Å²) in [5, 5.41) is 9.68. The number of aromatic nitrogens is 2. The van der Waals surface area contributed by atoms with E-state index >= 15 is 0 Å². The van der Waals surface area contributed by atoms with Gasteiger partial charge in [0, 0.05) is 18.5 Å². The molecule has 3 aromatic rings. The summed E-state index contributed by atoms with van der Waals surface area (Å²) in [6.07, 6.45) is 2.40. The third-order valence-corrected chi connectivity index (χ3v) is 5.46. The maximum Gasteiger partial charge on any atom is 0.307 e. The zero-order valence-electron chi connectivity index (χ0n) is 15.9. The second-order valence-corrected chi connectivity index (χ2v) is 7.13. The monoisotopic (exact) mass is 378 g/mol. The topological polar surface area (TPSA) is 80.9 Å². The van der Waals surface area contributed by atoms with Crippen LogP contribution in [0.15, 0.2) is 42.6 Å². The zero-order valence-corrected chi connectivity index (χ0v) is 15.9. The highest BCUT2D eigenvalue weighted by atomic mass is 16.5. The van der Waals surface area contributed by atoms with Crippen molar-refractivity contribution >= 4 is 17.4 Å². The fourth-order valence-electron chi connectivity index (χ4n) is 4.25. The van der Waals surface area contributed by atoms with Gasteiger partial charge in [0.25, 0.3) is 0 Å². The average Bonchev–Trinajstić information content (AvgIpc) is 3.20. The number of fused-ring (bicyclic) bond motifs is 2. The van der Waals surface area contributed by atoms with Crippen LogP contribution < -0.4 is 4.74 Å². The number of hydrogen-bond acceptors (Lipinski definition) is 4. The summed E-state index contributed by atoms with van der Waals surface area (Å²) in [7, 11) is 0. The lowest BCUT2D eigenvalue weighted by molar-refractivity contribution is -0.142. The molecule has 1 N–H and O–H groups in total. The molecule has 0 radical (unpaired) electrons. The number of ketones is 1. The Balaban J connectivity index is 1.71. The molecule has 2 atom stereocenters. The molecule has 0 fully saturated rings. The maximum absolute atomic E-state index is 13.2. The van der Waals surface area contributed by atoms with Gasteiger partial charge in [0.2, 0.25) is 0 Å². The molecule has 2 aromatic heterocycles. The molecule has 4 rings (SSSR count).